The van der Waals surface area contributed by atoms with E-state index < -0.39 is 36.6 Å². The smallest absolute Gasteiger partial charge is 0.344 e. The summed E-state index contributed by atoms with van der Waals surface area (Å²) in [6.45, 7) is 1.05. The van der Waals surface area contributed by atoms with Crippen LogP contribution in [0, 0.1) is 6.92 Å². The highest BCUT2D eigenvalue weighted by atomic mass is 16.4. The molecule has 0 bridgehead atoms. The van der Waals surface area contributed by atoms with Crippen molar-refractivity contribution in [3.05, 3.63) is 64.5 Å². The summed E-state index contributed by atoms with van der Waals surface area (Å²) in [6, 6.07) is 12.8. The molecule has 3 aromatic rings. The molecule has 4 atom stereocenters. The van der Waals surface area contributed by atoms with E-state index in [0.717, 1.165) is 11.1 Å². The summed E-state index contributed by atoms with van der Waals surface area (Å²) in [5, 5.41) is 41.8. The van der Waals surface area contributed by atoms with Gasteiger partial charge in [0.05, 0.1) is 12.2 Å². The fourth-order valence-corrected chi connectivity index (χ4v) is 3.32. The molecule has 8 heteroatoms. The van der Waals surface area contributed by atoms with Gasteiger partial charge in [0.1, 0.15) is 36.2 Å². The first-order chi connectivity index (χ1) is 14.4. The van der Waals surface area contributed by atoms with Crippen LogP contribution in [-0.4, -0.2) is 57.7 Å². The van der Waals surface area contributed by atoms with Crippen molar-refractivity contribution in [1.29, 1.82) is 0 Å². The maximum atomic E-state index is 12.6. The second-order valence-electron chi connectivity index (χ2n) is 7.00. The Kier molecular flexibility index (Phi) is 6.63. The Bertz CT molecular complexity index is 1080. The number of hydrogen-bond donors (Lipinski definition) is 5. The van der Waals surface area contributed by atoms with E-state index in [0.29, 0.717) is 22.9 Å². The van der Waals surface area contributed by atoms with Crippen molar-refractivity contribution in [2.45, 2.75) is 31.3 Å². The summed E-state index contributed by atoms with van der Waals surface area (Å²) in [5.41, 5.74) is 2.10. The number of aldehydes is 1. The lowest BCUT2D eigenvalue weighted by Gasteiger charge is -2.26. The fraction of sp³-hybridized carbons (Fsp3) is 0.273. The van der Waals surface area contributed by atoms with Crippen LogP contribution >= 0.6 is 0 Å². The molecule has 0 saturated heterocycles. The van der Waals surface area contributed by atoms with Gasteiger partial charge in [-0.15, -0.1) is 0 Å². The highest BCUT2D eigenvalue weighted by molar-refractivity contribution is 5.89. The van der Waals surface area contributed by atoms with Crippen molar-refractivity contribution in [3.8, 4) is 11.1 Å². The molecular formula is C22H23NO7. The Morgan fingerprint density at radius 3 is 2.40 bits per heavy atom. The zero-order chi connectivity index (χ0) is 21.8. The SMILES string of the molecule is Cc1c(-c2ccccc2)c(=O)oc2cc(N[C@H](C=O)[C@H](O)[C@@H](O)[C@@H](O)CO)ccc12. The van der Waals surface area contributed by atoms with E-state index in [-0.39, 0.29) is 5.58 Å². The molecule has 0 aliphatic rings. The van der Waals surface area contributed by atoms with E-state index in [1.54, 1.807) is 12.1 Å². The molecule has 0 aliphatic heterocycles. The van der Waals surface area contributed by atoms with Crippen LogP contribution in [0.4, 0.5) is 5.69 Å². The lowest BCUT2D eigenvalue weighted by molar-refractivity contribution is -0.117. The van der Waals surface area contributed by atoms with Crippen molar-refractivity contribution < 1.29 is 29.6 Å². The second-order valence-corrected chi connectivity index (χ2v) is 7.00. The third-order valence-corrected chi connectivity index (χ3v) is 5.01. The van der Waals surface area contributed by atoms with Gasteiger partial charge in [-0.25, -0.2) is 4.79 Å². The lowest BCUT2D eigenvalue weighted by atomic mass is 9.99. The zero-order valence-electron chi connectivity index (χ0n) is 16.2. The highest BCUT2D eigenvalue weighted by Crippen LogP contribution is 2.28. The summed E-state index contributed by atoms with van der Waals surface area (Å²) in [6.07, 6.45) is -4.62. The Morgan fingerprint density at radius 1 is 1.07 bits per heavy atom. The normalized spacial score (nSPS) is 15.4. The van der Waals surface area contributed by atoms with Crippen LogP contribution in [0.15, 0.2) is 57.7 Å². The van der Waals surface area contributed by atoms with Crippen LogP contribution in [0.1, 0.15) is 5.56 Å². The van der Waals surface area contributed by atoms with E-state index in [1.165, 1.54) is 6.07 Å². The van der Waals surface area contributed by atoms with Gasteiger partial charge in [0.15, 0.2) is 0 Å². The van der Waals surface area contributed by atoms with Crippen molar-refractivity contribution in [3.63, 3.8) is 0 Å². The van der Waals surface area contributed by atoms with Gasteiger partial charge >= 0.3 is 5.63 Å². The molecule has 3 rings (SSSR count). The van der Waals surface area contributed by atoms with E-state index in [2.05, 4.69) is 5.32 Å². The van der Waals surface area contributed by atoms with Crippen LogP contribution in [-0.2, 0) is 4.79 Å². The van der Waals surface area contributed by atoms with Gasteiger partial charge in [-0.2, -0.15) is 0 Å². The summed E-state index contributed by atoms with van der Waals surface area (Å²) in [4.78, 5) is 24.0. The Hall–Kier alpha value is -3.04. The predicted molar refractivity (Wildman–Crippen MR) is 111 cm³/mol. The minimum Gasteiger partial charge on any atom is -0.422 e. The number of aliphatic hydroxyl groups is 4. The molecule has 30 heavy (non-hydrogen) atoms. The number of carbonyl (C=O) groups is 1. The van der Waals surface area contributed by atoms with Crippen LogP contribution < -0.4 is 10.9 Å². The van der Waals surface area contributed by atoms with Gasteiger partial charge in [-0.05, 0) is 30.2 Å². The molecule has 1 heterocycles. The topological polar surface area (TPSA) is 140 Å². The van der Waals surface area contributed by atoms with Crippen LogP contribution in [0.5, 0.6) is 0 Å². The molecule has 2 aromatic carbocycles. The van der Waals surface area contributed by atoms with E-state index in [9.17, 15) is 24.9 Å². The standard InChI is InChI=1S/C22H23NO7/c1-12-15-8-7-14(23-16(10-24)20(27)21(28)17(26)11-25)9-18(15)30-22(29)19(12)13-5-3-2-4-6-13/h2-10,16-17,20-21,23,25-28H,11H2,1H3/t16-,17+,20+,21+/m1/s1. The first-order valence-corrected chi connectivity index (χ1v) is 9.37. The monoisotopic (exact) mass is 413 g/mol. The number of nitrogens with one attached hydrogen (secondary N) is 1. The number of aliphatic hydroxyl groups excluding tert-OH is 4. The predicted octanol–water partition coefficient (Wildman–Crippen LogP) is 0.823. The van der Waals surface area contributed by atoms with Crippen LogP contribution in [0.3, 0.4) is 0 Å². The van der Waals surface area contributed by atoms with Gasteiger partial charge in [0.25, 0.3) is 0 Å². The van der Waals surface area contributed by atoms with Crippen molar-refractivity contribution in [2.24, 2.45) is 0 Å². The number of hydrogen-bond acceptors (Lipinski definition) is 8. The van der Waals surface area contributed by atoms with Crippen molar-refractivity contribution in [2.75, 3.05) is 11.9 Å². The Morgan fingerprint density at radius 2 is 1.77 bits per heavy atom. The summed E-state index contributed by atoms with van der Waals surface area (Å²) >= 11 is 0. The maximum Gasteiger partial charge on any atom is 0.344 e. The second kappa shape index (κ2) is 9.19. The molecule has 5 N–H and O–H groups in total. The quantitative estimate of drug-likeness (QED) is 0.270. The number of rotatable bonds is 8. The van der Waals surface area contributed by atoms with E-state index in [4.69, 9.17) is 9.52 Å². The van der Waals surface area contributed by atoms with Gasteiger partial charge in [-0.1, -0.05) is 30.3 Å². The van der Waals surface area contributed by atoms with Gasteiger partial charge < -0.3 is 35.0 Å². The average molecular weight is 413 g/mol. The van der Waals surface area contributed by atoms with Crippen molar-refractivity contribution in [1.82, 2.24) is 0 Å². The van der Waals surface area contributed by atoms with Gasteiger partial charge in [0.2, 0.25) is 0 Å². The maximum absolute atomic E-state index is 12.6. The van der Waals surface area contributed by atoms with Crippen LogP contribution in [0.2, 0.25) is 0 Å². The molecule has 0 aliphatic carbocycles. The summed E-state index contributed by atoms with van der Waals surface area (Å²) in [7, 11) is 0. The average Bonchev–Trinajstić information content (AvgIpc) is 2.76. The molecule has 0 unspecified atom stereocenters. The van der Waals surface area contributed by atoms with Gasteiger partial charge in [0, 0.05) is 17.1 Å². The van der Waals surface area contributed by atoms with Crippen LogP contribution in [0.25, 0.3) is 22.1 Å². The minimum atomic E-state index is -1.73. The first-order valence-electron chi connectivity index (χ1n) is 9.37. The summed E-state index contributed by atoms with van der Waals surface area (Å²) < 4.78 is 5.48. The lowest BCUT2D eigenvalue weighted by Crippen LogP contribution is -2.49. The third-order valence-electron chi connectivity index (χ3n) is 5.01. The van der Waals surface area contributed by atoms with E-state index in [1.807, 2.05) is 37.3 Å². The zero-order valence-corrected chi connectivity index (χ0v) is 16.2. The molecule has 0 saturated carbocycles. The Balaban J connectivity index is 1.94. The Labute approximate surface area is 172 Å². The number of anilines is 1. The molecule has 0 spiro atoms. The number of carbonyl (C=O) groups excluding carboxylic acids is 1. The fourth-order valence-electron chi connectivity index (χ4n) is 3.32. The summed E-state index contributed by atoms with van der Waals surface area (Å²) in [5.74, 6) is 0. The third kappa shape index (κ3) is 4.27. The molecule has 1 aromatic heterocycles. The molecule has 158 valence electrons. The minimum absolute atomic E-state index is 0.289. The first kappa shape index (κ1) is 21.7. The van der Waals surface area contributed by atoms with Gasteiger partial charge in [-0.3, -0.25) is 0 Å². The largest absolute Gasteiger partial charge is 0.422 e. The van der Waals surface area contributed by atoms with Crippen molar-refractivity contribution >= 4 is 22.9 Å². The molecular weight excluding hydrogens is 390 g/mol. The molecule has 0 amide bonds. The number of benzene rings is 2. The number of aryl methyl sites for hydroxylation is 1. The highest BCUT2D eigenvalue weighted by Gasteiger charge is 2.31. The van der Waals surface area contributed by atoms with E-state index >= 15 is 0 Å². The molecule has 0 radical (unpaired) electrons. The molecule has 0 fully saturated rings. The molecule has 8 nitrogen and oxygen atoms in total. The number of fused-ring (bicyclic) bond motifs is 1.